The number of ether oxygens (including phenoxy) is 1. The van der Waals surface area contributed by atoms with Crippen LogP contribution in [0.2, 0.25) is 0 Å². The largest absolute Gasteiger partial charge is 0.423 e. The highest BCUT2D eigenvalue weighted by atomic mass is 35.5. The Hall–Kier alpha value is -1.83. The predicted octanol–water partition coefficient (Wildman–Crippen LogP) is 4.25. The minimum absolute atomic E-state index is 0. The summed E-state index contributed by atoms with van der Waals surface area (Å²) in [5.41, 5.74) is 1.93. The fourth-order valence-corrected chi connectivity index (χ4v) is 5.79. The standard InChI is InChI=1S/C25H36N4O3.ClH/c1-25(2,3)21-15-31-12-11-29(21)24-27-22-19(9-6-10-20(22)32-24)23(30)26-16-13-17-7-5-8-18(14-16)28(17)4;/h6,9-10,16-18,21H,5,7-8,11-15H2,1-4H3,(H,26,30);1H/t16?,17?,18?,21-;/m1./s1. The number of nitrogens with zero attached hydrogens (tertiary/aromatic N) is 3. The number of fused-ring (bicyclic) bond motifs is 3. The number of anilines is 1. The van der Waals surface area contributed by atoms with Crippen molar-refractivity contribution in [3.05, 3.63) is 23.8 Å². The Bertz CT molecular complexity index is 974. The van der Waals surface area contributed by atoms with E-state index in [1.54, 1.807) is 0 Å². The molecule has 33 heavy (non-hydrogen) atoms. The number of para-hydroxylation sites is 1. The molecular formula is C25H37ClN4O3. The highest BCUT2D eigenvalue weighted by molar-refractivity contribution is 6.04. The van der Waals surface area contributed by atoms with Crippen molar-refractivity contribution in [2.75, 3.05) is 31.7 Å². The molecule has 3 atom stereocenters. The van der Waals surface area contributed by atoms with Gasteiger partial charge in [-0.2, -0.15) is 4.98 Å². The van der Waals surface area contributed by atoms with E-state index in [-0.39, 0.29) is 35.8 Å². The lowest BCUT2D eigenvalue weighted by Crippen LogP contribution is -2.55. The topological polar surface area (TPSA) is 70.8 Å². The van der Waals surface area contributed by atoms with Crippen LogP contribution in [0.5, 0.6) is 0 Å². The van der Waals surface area contributed by atoms with Gasteiger partial charge in [0.25, 0.3) is 11.9 Å². The van der Waals surface area contributed by atoms with Gasteiger partial charge in [-0.1, -0.05) is 33.3 Å². The van der Waals surface area contributed by atoms with Crippen LogP contribution in [0.15, 0.2) is 22.6 Å². The number of halogens is 1. The van der Waals surface area contributed by atoms with E-state index in [9.17, 15) is 4.79 Å². The second kappa shape index (κ2) is 9.43. The molecule has 3 fully saturated rings. The van der Waals surface area contributed by atoms with Crippen LogP contribution in [0.1, 0.15) is 63.2 Å². The van der Waals surface area contributed by atoms with Gasteiger partial charge in [-0.25, -0.2) is 0 Å². The minimum Gasteiger partial charge on any atom is -0.423 e. The van der Waals surface area contributed by atoms with Crippen LogP contribution in [-0.4, -0.2) is 66.8 Å². The third-order valence-electron chi connectivity index (χ3n) is 7.70. The summed E-state index contributed by atoms with van der Waals surface area (Å²) in [7, 11) is 2.24. The Labute approximate surface area is 202 Å². The Morgan fingerprint density at radius 1 is 1.18 bits per heavy atom. The van der Waals surface area contributed by atoms with E-state index < -0.39 is 0 Å². The molecule has 5 rings (SSSR count). The van der Waals surface area contributed by atoms with Crippen LogP contribution in [0, 0.1) is 5.41 Å². The van der Waals surface area contributed by atoms with E-state index in [2.05, 4.69) is 42.9 Å². The first-order valence-corrected chi connectivity index (χ1v) is 12.1. The number of aromatic nitrogens is 1. The summed E-state index contributed by atoms with van der Waals surface area (Å²) in [6.45, 7) is 8.65. The van der Waals surface area contributed by atoms with Crippen molar-refractivity contribution in [1.29, 1.82) is 0 Å². The molecule has 7 nitrogen and oxygen atoms in total. The zero-order valence-corrected chi connectivity index (χ0v) is 21.0. The molecule has 2 unspecified atom stereocenters. The van der Waals surface area contributed by atoms with Crippen LogP contribution >= 0.6 is 12.4 Å². The molecule has 1 aromatic heterocycles. The molecule has 0 radical (unpaired) electrons. The van der Waals surface area contributed by atoms with Gasteiger partial charge in [-0.15, -0.1) is 12.4 Å². The average Bonchev–Trinajstić information content (AvgIpc) is 3.18. The van der Waals surface area contributed by atoms with Crippen molar-refractivity contribution < 1.29 is 13.9 Å². The van der Waals surface area contributed by atoms with Gasteiger partial charge in [0, 0.05) is 24.7 Å². The van der Waals surface area contributed by atoms with Gasteiger partial charge in [-0.3, -0.25) is 4.79 Å². The SMILES string of the molecule is CN1C2CCCC1CC(NC(=O)c1cccc3oc(N4CCOC[C@@H]4C(C)(C)C)nc13)C2.Cl. The summed E-state index contributed by atoms with van der Waals surface area (Å²) in [6, 6.07) is 7.78. The average molecular weight is 477 g/mol. The number of hydrogen-bond donors (Lipinski definition) is 1. The zero-order chi connectivity index (χ0) is 22.5. The van der Waals surface area contributed by atoms with E-state index in [0.29, 0.717) is 48.0 Å². The van der Waals surface area contributed by atoms with E-state index in [4.69, 9.17) is 14.1 Å². The quantitative estimate of drug-likeness (QED) is 0.714. The molecule has 1 aromatic carbocycles. The van der Waals surface area contributed by atoms with E-state index in [0.717, 1.165) is 19.4 Å². The molecule has 8 heteroatoms. The smallest absolute Gasteiger partial charge is 0.298 e. The summed E-state index contributed by atoms with van der Waals surface area (Å²) in [4.78, 5) is 22.8. The second-order valence-corrected chi connectivity index (χ2v) is 10.8. The van der Waals surface area contributed by atoms with Gasteiger partial charge in [0.15, 0.2) is 5.58 Å². The summed E-state index contributed by atoms with van der Waals surface area (Å²) in [5.74, 6) is -0.0441. The Morgan fingerprint density at radius 2 is 1.91 bits per heavy atom. The first-order valence-electron chi connectivity index (χ1n) is 12.1. The highest BCUT2D eigenvalue weighted by Crippen LogP contribution is 2.34. The van der Waals surface area contributed by atoms with Crippen molar-refractivity contribution in [2.24, 2.45) is 5.41 Å². The predicted molar refractivity (Wildman–Crippen MR) is 132 cm³/mol. The molecular weight excluding hydrogens is 440 g/mol. The molecule has 2 aromatic rings. The van der Waals surface area contributed by atoms with Crippen molar-refractivity contribution >= 4 is 35.4 Å². The minimum atomic E-state index is -0.0441. The van der Waals surface area contributed by atoms with E-state index in [1.165, 1.54) is 19.3 Å². The van der Waals surface area contributed by atoms with Gasteiger partial charge in [-0.05, 0) is 50.3 Å². The molecule has 0 spiro atoms. The van der Waals surface area contributed by atoms with Gasteiger partial charge in [0.1, 0.15) is 5.52 Å². The number of benzene rings is 1. The molecule has 0 aliphatic carbocycles. The Morgan fingerprint density at radius 3 is 2.61 bits per heavy atom. The van der Waals surface area contributed by atoms with Crippen molar-refractivity contribution in [1.82, 2.24) is 15.2 Å². The van der Waals surface area contributed by atoms with Crippen LogP contribution in [-0.2, 0) is 4.74 Å². The molecule has 182 valence electrons. The monoisotopic (exact) mass is 476 g/mol. The number of carbonyl (C=O) groups is 1. The number of rotatable bonds is 3. The van der Waals surface area contributed by atoms with E-state index in [1.807, 2.05) is 18.2 Å². The molecule has 3 saturated heterocycles. The molecule has 0 saturated carbocycles. The molecule has 4 heterocycles. The normalized spacial score (nSPS) is 28.4. The zero-order valence-electron chi connectivity index (χ0n) is 20.2. The fourth-order valence-electron chi connectivity index (χ4n) is 5.79. The summed E-state index contributed by atoms with van der Waals surface area (Å²) >= 11 is 0. The summed E-state index contributed by atoms with van der Waals surface area (Å²) in [5, 5.41) is 3.32. The number of morpholine rings is 1. The fraction of sp³-hybridized carbons (Fsp3) is 0.680. The van der Waals surface area contributed by atoms with Crippen LogP contribution in [0.3, 0.4) is 0 Å². The Kier molecular flexibility index (Phi) is 6.95. The van der Waals surface area contributed by atoms with Crippen LogP contribution in [0.4, 0.5) is 6.01 Å². The highest BCUT2D eigenvalue weighted by Gasteiger charge is 2.38. The number of amides is 1. The van der Waals surface area contributed by atoms with E-state index >= 15 is 0 Å². The molecule has 3 aliphatic rings. The van der Waals surface area contributed by atoms with Crippen molar-refractivity contribution in [3.8, 4) is 0 Å². The van der Waals surface area contributed by atoms with Gasteiger partial charge >= 0.3 is 0 Å². The van der Waals surface area contributed by atoms with Gasteiger partial charge < -0.3 is 24.3 Å². The maximum atomic E-state index is 13.3. The van der Waals surface area contributed by atoms with Crippen molar-refractivity contribution in [3.63, 3.8) is 0 Å². The second-order valence-electron chi connectivity index (χ2n) is 10.8. The number of piperidine rings is 2. The first kappa shape index (κ1) is 24.3. The molecule has 2 bridgehead atoms. The maximum Gasteiger partial charge on any atom is 0.298 e. The summed E-state index contributed by atoms with van der Waals surface area (Å²) in [6.07, 6.45) is 5.82. The maximum absolute atomic E-state index is 13.3. The van der Waals surface area contributed by atoms with Crippen LogP contribution < -0.4 is 10.2 Å². The van der Waals surface area contributed by atoms with Crippen molar-refractivity contribution in [2.45, 2.75) is 77.0 Å². The van der Waals surface area contributed by atoms with Gasteiger partial charge in [0.05, 0.1) is 24.8 Å². The third-order valence-corrected chi connectivity index (χ3v) is 7.70. The third kappa shape index (κ3) is 4.73. The summed E-state index contributed by atoms with van der Waals surface area (Å²) < 4.78 is 11.9. The van der Waals surface area contributed by atoms with Gasteiger partial charge in [0.2, 0.25) is 0 Å². The molecule has 3 aliphatic heterocycles. The number of oxazole rings is 1. The molecule has 1 amide bonds. The lowest BCUT2D eigenvalue weighted by molar-refractivity contribution is 0.0463. The molecule has 1 N–H and O–H groups in total. The lowest BCUT2D eigenvalue weighted by atomic mass is 9.82. The Balaban J connectivity index is 0.00000259. The number of nitrogens with one attached hydrogen (secondary N) is 1. The number of carbonyl (C=O) groups excluding carboxylic acids is 1. The lowest BCUT2D eigenvalue weighted by Gasteiger charge is -2.47. The van der Waals surface area contributed by atoms with Crippen LogP contribution in [0.25, 0.3) is 11.1 Å². The number of hydrogen-bond acceptors (Lipinski definition) is 6. The first-order chi connectivity index (χ1) is 15.3.